The van der Waals surface area contributed by atoms with E-state index in [0.717, 1.165) is 6.07 Å². The fourth-order valence-electron chi connectivity index (χ4n) is 1.79. The number of rotatable bonds is 8. The van der Waals surface area contributed by atoms with Crippen molar-refractivity contribution < 1.29 is 23.5 Å². The molecule has 1 unspecified atom stereocenters. The molecule has 0 saturated carbocycles. The molecule has 1 N–H and O–H groups in total. The first-order chi connectivity index (χ1) is 9.79. The van der Waals surface area contributed by atoms with E-state index in [2.05, 4.69) is 4.74 Å². The van der Waals surface area contributed by atoms with Gasteiger partial charge in [-0.15, -0.1) is 0 Å². The van der Waals surface area contributed by atoms with Crippen LogP contribution >= 0.6 is 0 Å². The minimum absolute atomic E-state index is 0.0838. The average Bonchev–Trinajstić information content (AvgIpc) is 2.37. The largest absolute Gasteiger partial charge is 0.434 e. The van der Waals surface area contributed by atoms with Crippen molar-refractivity contribution in [2.75, 3.05) is 13.6 Å². The van der Waals surface area contributed by atoms with Crippen LogP contribution in [0.15, 0.2) is 18.2 Å². The van der Waals surface area contributed by atoms with Gasteiger partial charge in [-0.3, -0.25) is 10.1 Å². The molecule has 0 aliphatic heterocycles. The molecule has 0 radical (unpaired) electrons. The van der Waals surface area contributed by atoms with Gasteiger partial charge >= 0.3 is 6.61 Å². The highest BCUT2D eigenvalue weighted by molar-refractivity contribution is 5.43. The second kappa shape index (κ2) is 7.84. The van der Waals surface area contributed by atoms with Crippen LogP contribution in [0.3, 0.4) is 0 Å². The maximum Gasteiger partial charge on any atom is 0.387 e. The summed E-state index contributed by atoms with van der Waals surface area (Å²) in [6, 6.07) is 3.51. The summed E-state index contributed by atoms with van der Waals surface area (Å²) in [5.41, 5.74) is 0.119. The topological polar surface area (TPSA) is 75.8 Å². The molecular formula is C13H18F2N2O4. The van der Waals surface area contributed by atoms with Crippen LogP contribution in [0.4, 0.5) is 14.5 Å². The number of halogens is 2. The van der Waals surface area contributed by atoms with Crippen molar-refractivity contribution in [2.24, 2.45) is 0 Å². The molecule has 1 rings (SSSR count). The second-order valence-electron chi connectivity index (χ2n) is 4.80. The number of aliphatic hydroxyl groups is 1. The van der Waals surface area contributed by atoms with E-state index in [9.17, 15) is 24.0 Å². The Morgan fingerprint density at radius 3 is 2.67 bits per heavy atom. The van der Waals surface area contributed by atoms with E-state index >= 15 is 0 Å². The van der Waals surface area contributed by atoms with Gasteiger partial charge in [-0.1, -0.05) is 0 Å². The Bertz CT molecular complexity index is 483. The zero-order valence-corrected chi connectivity index (χ0v) is 11.8. The highest BCUT2D eigenvalue weighted by atomic mass is 19.3. The molecule has 1 atom stereocenters. The summed E-state index contributed by atoms with van der Waals surface area (Å²) in [4.78, 5) is 11.9. The Balaban J connectivity index is 2.89. The molecule has 0 aromatic heterocycles. The Morgan fingerprint density at radius 1 is 1.48 bits per heavy atom. The lowest BCUT2D eigenvalue weighted by atomic mass is 10.1. The fraction of sp³-hybridized carbons (Fsp3) is 0.538. The van der Waals surface area contributed by atoms with Gasteiger partial charge in [-0.25, -0.2) is 0 Å². The van der Waals surface area contributed by atoms with Crippen molar-refractivity contribution in [3.63, 3.8) is 0 Å². The number of nitrogens with zero attached hydrogens (tertiary/aromatic N) is 2. The van der Waals surface area contributed by atoms with Crippen molar-refractivity contribution in [3.8, 4) is 5.75 Å². The van der Waals surface area contributed by atoms with Crippen LogP contribution in [0.25, 0.3) is 0 Å². The molecule has 1 aromatic carbocycles. The van der Waals surface area contributed by atoms with Crippen molar-refractivity contribution in [1.82, 2.24) is 4.90 Å². The number of hydrogen-bond acceptors (Lipinski definition) is 5. The lowest BCUT2D eigenvalue weighted by Crippen LogP contribution is -2.22. The molecule has 0 fully saturated rings. The molecule has 118 valence electrons. The number of benzene rings is 1. The van der Waals surface area contributed by atoms with Gasteiger partial charge in [-0.05, 0) is 26.5 Å². The van der Waals surface area contributed by atoms with Gasteiger partial charge in [-0.2, -0.15) is 8.78 Å². The van der Waals surface area contributed by atoms with Gasteiger partial charge < -0.3 is 14.7 Å². The lowest BCUT2D eigenvalue weighted by Gasteiger charge is -2.19. The highest BCUT2D eigenvalue weighted by Gasteiger charge is 2.16. The van der Waals surface area contributed by atoms with Crippen LogP contribution in [-0.4, -0.2) is 41.2 Å². The first-order valence-electron chi connectivity index (χ1n) is 6.38. The van der Waals surface area contributed by atoms with Crippen LogP contribution in [0.1, 0.15) is 18.9 Å². The average molecular weight is 304 g/mol. The molecule has 21 heavy (non-hydrogen) atoms. The molecule has 0 bridgehead atoms. The third kappa shape index (κ3) is 6.01. The van der Waals surface area contributed by atoms with E-state index in [1.165, 1.54) is 12.1 Å². The van der Waals surface area contributed by atoms with Crippen molar-refractivity contribution in [2.45, 2.75) is 32.6 Å². The molecule has 0 aliphatic rings. The summed E-state index contributed by atoms with van der Waals surface area (Å²) in [6.45, 7) is -0.620. The van der Waals surface area contributed by atoms with Crippen LogP contribution in [0.5, 0.6) is 5.75 Å². The Labute approximate surface area is 121 Å². The second-order valence-corrected chi connectivity index (χ2v) is 4.80. The number of non-ortho nitro benzene ring substituents is 1. The highest BCUT2D eigenvalue weighted by Crippen LogP contribution is 2.26. The summed E-state index contributed by atoms with van der Waals surface area (Å²) in [7, 11) is 1.73. The molecule has 8 heteroatoms. The van der Waals surface area contributed by atoms with E-state index in [0.29, 0.717) is 18.5 Å². The van der Waals surface area contributed by atoms with Gasteiger partial charge in [0.1, 0.15) is 5.75 Å². The summed E-state index contributed by atoms with van der Waals surface area (Å²) in [5, 5.41) is 20.0. The number of nitro groups is 1. The monoisotopic (exact) mass is 304 g/mol. The number of alkyl halides is 2. The normalized spacial score (nSPS) is 12.7. The fourth-order valence-corrected chi connectivity index (χ4v) is 1.79. The van der Waals surface area contributed by atoms with E-state index < -0.39 is 17.6 Å². The lowest BCUT2D eigenvalue weighted by molar-refractivity contribution is -0.385. The first-order valence-corrected chi connectivity index (χ1v) is 6.38. The number of nitro benzene ring substituents is 1. The molecule has 0 amide bonds. The standard InChI is InChI=1S/C13H18F2N2O4/c1-9(18)5-6-16(2)8-10-7-11(17(19)20)3-4-12(10)21-13(14)15/h3-4,7,9,13,18H,5-6,8H2,1-2H3. The molecule has 0 spiro atoms. The molecular weight excluding hydrogens is 286 g/mol. The van der Waals surface area contributed by atoms with Gasteiger partial charge in [0, 0.05) is 30.8 Å². The Kier molecular flexibility index (Phi) is 6.44. The van der Waals surface area contributed by atoms with Crippen molar-refractivity contribution in [3.05, 3.63) is 33.9 Å². The van der Waals surface area contributed by atoms with Crippen LogP contribution < -0.4 is 4.74 Å². The molecule has 0 saturated heterocycles. The summed E-state index contributed by atoms with van der Waals surface area (Å²) in [5.74, 6) is -0.0838. The van der Waals surface area contributed by atoms with Gasteiger partial charge in [0.2, 0.25) is 0 Å². The van der Waals surface area contributed by atoms with Crippen LogP contribution in [0, 0.1) is 10.1 Å². The third-order valence-electron chi connectivity index (χ3n) is 2.84. The number of hydrogen-bond donors (Lipinski definition) is 1. The molecule has 1 aromatic rings. The minimum Gasteiger partial charge on any atom is -0.434 e. The predicted octanol–water partition coefficient (Wildman–Crippen LogP) is 2.40. The molecule has 0 aliphatic carbocycles. The van der Waals surface area contributed by atoms with Gasteiger partial charge in [0.15, 0.2) is 0 Å². The van der Waals surface area contributed by atoms with E-state index in [-0.39, 0.29) is 18.0 Å². The predicted molar refractivity (Wildman–Crippen MR) is 72.4 cm³/mol. The summed E-state index contributed by atoms with van der Waals surface area (Å²) >= 11 is 0. The number of ether oxygens (including phenoxy) is 1. The smallest absolute Gasteiger partial charge is 0.387 e. The van der Waals surface area contributed by atoms with Crippen molar-refractivity contribution in [1.29, 1.82) is 0 Å². The zero-order chi connectivity index (χ0) is 16.0. The van der Waals surface area contributed by atoms with Gasteiger partial charge in [0.25, 0.3) is 5.69 Å². The summed E-state index contributed by atoms with van der Waals surface area (Å²) < 4.78 is 29.1. The van der Waals surface area contributed by atoms with E-state index in [1.54, 1.807) is 18.9 Å². The van der Waals surface area contributed by atoms with Crippen LogP contribution in [-0.2, 0) is 6.54 Å². The quantitative estimate of drug-likeness (QED) is 0.589. The zero-order valence-electron chi connectivity index (χ0n) is 11.8. The maximum absolute atomic E-state index is 12.3. The third-order valence-corrected chi connectivity index (χ3v) is 2.84. The molecule has 6 nitrogen and oxygen atoms in total. The minimum atomic E-state index is -2.99. The maximum atomic E-state index is 12.3. The van der Waals surface area contributed by atoms with E-state index in [1.807, 2.05) is 0 Å². The van der Waals surface area contributed by atoms with Crippen molar-refractivity contribution >= 4 is 5.69 Å². The van der Waals surface area contributed by atoms with E-state index in [4.69, 9.17) is 0 Å². The van der Waals surface area contributed by atoms with Gasteiger partial charge in [0.05, 0.1) is 11.0 Å². The first kappa shape index (κ1) is 17.3. The Hall–Kier alpha value is -1.80. The molecule has 0 heterocycles. The summed E-state index contributed by atoms with van der Waals surface area (Å²) in [6.07, 6.45) is 0.0329. The van der Waals surface area contributed by atoms with Crippen LogP contribution in [0.2, 0.25) is 0 Å². The number of aliphatic hydroxyl groups excluding tert-OH is 1. The Morgan fingerprint density at radius 2 is 2.14 bits per heavy atom. The SMILES string of the molecule is CC(O)CCN(C)Cc1cc([N+](=O)[O-])ccc1OC(F)F.